The molecule has 2 rings (SSSR count). The molecule has 0 unspecified atom stereocenters. The largest absolute Gasteiger partial charge is 0.271 e. The predicted molar refractivity (Wildman–Crippen MR) is 103 cm³/mol. The summed E-state index contributed by atoms with van der Waals surface area (Å²) < 4.78 is 0. The normalized spacial score (nSPS) is 11.4. The smallest absolute Gasteiger partial charge is 0.267 e. The van der Waals surface area contributed by atoms with Crippen LogP contribution in [0.3, 0.4) is 0 Å². The number of hydrogen-bond acceptors (Lipinski definition) is 4. The number of nitrogens with one attached hydrogen (secondary N) is 1. The molecule has 0 aliphatic carbocycles. The van der Waals surface area contributed by atoms with E-state index in [0.717, 1.165) is 5.56 Å². The third kappa shape index (κ3) is 5.11. The van der Waals surface area contributed by atoms with E-state index in [2.05, 4.69) is 49.5 Å². The molecular formula is C20H21N3O3. The number of nitro benzene ring substituents is 1. The standard InChI is InChI=1S/C20H21N3O3/c1-14(2)18-7-6-16(15(3)13-18)5-4-12-21-22-20(24)17-8-10-19(11-9-17)23(25)26/h4-14H,1-3H3,(H,22,24)/b5-4+,21-12-. The molecule has 0 spiro atoms. The lowest BCUT2D eigenvalue weighted by atomic mass is 9.98. The minimum absolute atomic E-state index is 0.0631. The van der Waals surface area contributed by atoms with Crippen molar-refractivity contribution in [1.29, 1.82) is 0 Å². The molecule has 1 amide bonds. The van der Waals surface area contributed by atoms with E-state index in [0.29, 0.717) is 11.5 Å². The van der Waals surface area contributed by atoms with Crippen LogP contribution in [0, 0.1) is 17.0 Å². The van der Waals surface area contributed by atoms with Gasteiger partial charge in [0.1, 0.15) is 0 Å². The predicted octanol–water partition coefficient (Wildman–Crippen LogP) is 4.46. The fourth-order valence-corrected chi connectivity index (χ4v) is 2.33. The molecule has 0 aliphatic rings. The van der Waals surface area contributed by atoms with Crippen LogP contribution in [-0.4, -0.2) is 17.0 Å². The van der Waals surface area contributed by atoms with Crippen molar-refractivity contribution in [3.63, 3.8) is 0 Å². The molecule has 1 N–H and O–H groups in total. The van der Waals surface area contributed by atoms with Crippen LogP contribution >= 0.6 is 0 Å². The molecule has 0 bridgehead atoms. The van der Waals surface area contributed by atoms with Gasteiger partial charge in [0.2, 0.25) is 0 Å². The Labute approximate surface area is 152 Å². The second kappa shape index (κ2) is 8.71. The van der Waals surface area contributed by atoms with E-state index in [1.807, 2.05) is 6.08 Å². The zero-order valence-electron chi connectivity index (χ0n) is 15.0. The van der Waals surface area contributed by atoms with Gasteiger partial charge in [0.25, 0.3) is 11.6 Å². The maximum atomic E-state index is 11.9. The van der Waals surface area contributed by atoms with Crippen LogP contribution in [0.15, 0.2) is 53.6 Å². The van der Waals surface area contributed by atoms with Crippen molar-refractivity contribution in [1.82, 2.24) is 5.43 Å². The Hall–Kier alpha value is -3.28. The lowest BCUT2D eigenvalue weighted by Gasteiger charge is -2.08. The topological polar surface area (TPSA) is 84.6 Å². The maximum Gasteiger partial charge on any atom is 0.271 e. The number of hydrogen-bond donors (Lipinski definition) is 1. The summed E-state index contributed by atoms with van der Waals surface area (Å²) >= 11 is 0. The Morgan fingerprint density at radius 3 is 2.46 bits per heavy atom. The quantitative estimate of drug-likeness (QED) is 0.474. The second-order valence-corrected chi connectivity index (χ2v) is 6.15. The fraction of sp³-hybridized carbons (Fsp3) is 0.200. The van der Waals surface area contributed by atoms with Crippen molar-refractivity contribution in [3.05, 3.63) is 80.9 Å². The fourth-order valence-electron chi connectivity index (χ4n) is 2.33. The Morgan fingerprint density at radius 2 is 1.88 bits per heavy atom. The number of non-ortho nitro benzene ring substituents is 1. The monoisotopic (exact) mass is 351 g/mol. The summed E-state index contributed by atoms with van der Waals surface area (Å²) in [6.45, 7) is 6.37. The van der Waals surface area contributed by atoms with Gasteiger partial charge in [0, 0.05) is 23.9 Å². The minimum atomic E-state index is -0.514. The molecule has 0 saturated heterocycles. The summed E-state index contributed by atoms with van der Waals surface area (Å²) in [5.74, 6) is 0.0601. The highest BCUT2D eigenvalue weighted by atomic mass is 16.6. The molecule has 0 fully saturated rings. The van der Waals surface area contributed by atoms with Gasteiger partial charge in [0.05, 0.1) is 4.92 Å². The molecule has 0 atom stereocenters. The summed E-state index contributed by atoms with van der Waals surface area (Å²) in [5, 5.41) is 14.4. The Balaban J connectivity index is 1.93. The molecule has 26 heavy (non-hydrogen) atoms. The van der Waals surface area contributed by atoms with E-state index in [-0.39, 0.29) is 5.69 Å². The first-order valence-electron chi connectivity index (χ1n) is 8.23. The summed E-state index contributed by atoms with van der Waals surface area (Å²) in [4.78, 5) is 22.0. The number of benzene rings is 2. The summed E-state index contributed by atoms with van der Waals surface area (Å²) in [7, 11) is 0. The molecule has 0 heterocycles. The molecule has 6 nitrogen and oxygen atoms in total. The van der Waals surface area contributed by atoms with Gasteiger partial charge in [-0.3, -0.25) is 14.9 Å². The van der Waals surface area contributed by atoms with Crippen LogP contribution in [0.5, 0.6) is 0 Å². The first-order valence-corrected chi connectivity index (χ1v) is 8.23. The molecule has 2 aromatic rings. The SMILES string of the molecule is Cc1cc(C(C)C)ccc1/C=C/C=N\NC(=O)c1ccc([N+](=O)[O-])cc1. The molecule has 2 aromatic carbocycles. The molecule has 6 heteroatoms. The van der Waals surface area contributed by atoms with Crippen LogP contribution in [0.2, 0.25) is 0 Å². The lowest BCUT2D eigenvalue weighted by molar-refractivity contribution is -0.384. The molecule has 134 valence electrons. The van der Waals surface area contributed by atoms with Crippen molar-refractivity contribution < 1.29 is 9.72 Å². The van der Waals surface area contributed by atoms with E-state index in [4.69, 9.17) is 0 Å². The number of carbonyl (C=O) groups is 1. The van der Waals surface area contributed by atoms with Crippen LogP contribution in [0.1, 0.15) is 46.8 Å². The number of carbonyl (C=O) groups excluding carboxylic acids is 1. The lowest BCUT2D eigenvalue weighted by Crippen LogP contribution is -2.17. The van der Waals surface area contributed by atoms with Crippen LogP contribution in [0.4, 0.5) is 5.69 Å². The number of allylic oxidation sites excluding steroid dienone is 1. The highest BCUT2D eigenvalue weighted by molar-refractivity contribution is 5.94. The number of aryl methyl sites for hydroxylation is 1. The third-order valence-electron chi connectivity index (χ3n) is 3.90. The first kappa shape index (κ1) is 19.1. The van der Waals surface area contributed by atoms with Crippen molar-refractivity contribution in [2.45, 2.75) is 26.7 Å². The maximum absolute atomic E-state index is 11.9. The molecule has 0 radical (unpaired) electrons. The van der Waals surface area contributed by atoms with Crippen LogP contribution in [-0.2, 0) is 0 Å². The number of nitrogens with zero attached hydrogens (tertiary/aromatic N) is 2. The van der Waals surface area contributed by atoms with Crippen molar-refractivity contribution in [2.24, 2.45) is 5.10 Å². The van der Waals surface area contributed by atoms with E-state index in [1.165, 1.54) is 41.6 Å². The summed E-state index contributed by atoms with van der Waals surface area (Å²) in [6, 6.07) is 11.7. The van der Waals surface area contributed by atoms with Crippen LogP contribution < -0.4 is 5.43 Å². The van der Waals surface area contributed by atoms with Gasteiger partial charge in [-0.1, -0.05) is 38.1 Å². The molecule has 0 saturated carbocycles. The number of hydrazone groups is 1. The Morgan fingerprint density at radius 1 is 1.19 bits per heavy atom. The zero-order valence-corrected chi connectivity index (χ0v) is 15.0. The number of rotatable bonds is 6. The molecule has 0 aliphatic heterocycles. The molecular weight excluding hydrogens is 330 g/mol. The average molecular weight is 351 g/mol. The van der Waals surface area contributed by atoms with E-state index < -0.39 is 10.8 Å². The van der Waals surface area contributed by atoms with Gasteiger partial charge in [-0.15, -0.1) is 0 Å². The minimum Gasteiger partial charge on any atom is -0.267 e. The second-order valence-electron chi connectivity index (χ2n) is 6.15. The van der Waals surface area contributed by atoms with Gasteiger partial charge in [-0.05, 0) is 47.7 Å². The molecule has 0 aromatic heterocycles. The van der Waals surface area contributed by atoms with Gasteiger partial charge in [0.15, 0.2) is 0 Å². The Kier molecular flexibility index (Phi) is 6.38. The van der Waals surface area contributed by atoms with Gasteiger partial charge in [-0.2, -0.15) is 5.10 Å². The van der Waals surface area contributed by atoms with Gasteiger partial charge in [-0.25, -0.2) is 5.43 Å². The Bertz CT molecular complexity index is 853. The zero-order chi connectivity index (χ0) is 19.1. The van der Waals surface area contributed by atoms with Crippen LogP contribution in [0.25, 0.3) is 6.08 Å². The van der Waals surface area contributed by atoms with E-state index in [9.17, 15) is 14.9 Å². The highest BCUT2D eigenvalue weighted by Crippen LogP contribution is 2.19. The van der Waals surface area contributed by atoms with E-state index in [1.54, 1.807) is 6.08 Å². The highest BCUT2D eigenvalue weighted by Gasteiger charge is 2.08. The van der Waals surface area contributed by atoms with Gasteiger partial charge >= 0.3 is 0 Å². The summed E-state index contributed by atoms with van der Waals surface area (Å²) in [6.07, 6.45) is 5.15. The first-order chi connectivity index (χ1) is 12.4. The van der Waals surface area contributed by atoms with E-state index >= 15 is 0 Å². The van der Waals surface area contributed by atoms with Gasteiger partial charge < -0.3 is 0 Å². The third-order valence-corrected chi connectivity index (χ3v) is 3.90. The number of nitro groups is 1. The van der Waals surface area contributed by atoms with Crippen molar-refractivity contribution in [3.8, 4) is 0 Å². The average Bonchev–Trinajstić information content (AvgIpc) is 2.62. The number of amides is 1. The summed E-state index contributed by atoms with van der Waals surface area (Å²) in [5.41, 5.74) is 6.18. The van der Waals surface area contributed by atoms with Crippen molar-refractivity contribution >= 4 is 23.9 Å². The van der Waals surface area contributed by atoms with Crippen molar-refractivity contribution in [2.75, 3.05) is 0 Å².